The molecule has 3 atom stereocenters. The first-order chi connectivity index (χ1) is 13.3. The van der Waals surface area contributed by atoms with Gasteiger partial charge in [0.2, 0.25) is 0 Å². The average molecular weight is 392 g/mol. The summed E-state index contributed by atoms with van der Waals surface area (Å²) in [6.45, 7) is 5.81. The molecule has 1 saturated carbocycles. The van der Waals surface area contributed by atoms with Crippen molar-refractivity contribution in [1.29, 1.82) is 0 Å². The molecule has 6 nitrogen and oxygen atoms in total. The van der Waals surface area contributed by atoms with Gasteiger partial charge in [-0.1, -0.05) is 13.0 Å². The third-order valence-electron chi connectivity index (χ3n) is 6.58. The highest BCUT2D eigenvalue weighted by molar-refractivity contribution is 5.66. The van der Waals surface area contributed by atoms with Crippen molar-refractivity contribution in [2.45, 2.75) is 64.1 Å². The summed E-state index contributed by atoms with van der Waals surface area (Å²) in [4.78, 5) is 13.1. The minimum Gasteiger partial charge on any atom is -0.493 e. The van der Waals surface area contributed by atoms with Crippen molar-refractivity contribution >= 4 is 5.97 Å². The monoisotopic (exact) mass is 391 g/mol. The van der Waals surface area contributed by atoms with E-state index in [1.165, 1.54) is 12.8 Å². The molecule has 1 saturated heterocycles. The predicted molar refractivity (Wildman–Crippen MR) is 107 cm³/mol. The van der Waals surface area contributed by atoms with E-state index < -0.39 is 12.1 Å². The molecule has 6 heteroatoms. The summed E-state index contributed by atoms with van der Waals surface area (Å²) < 4.78 is 11.8. The van der Waals surface area contributed by atoms with Crippen LogP contribution in [0.1, 0.15) is 57.4 Å². The fourth-order valence-electron chi connectivity index (χ4n) is 4.64. The van der Waals surface area contributed by atoms with Gasteiger partial charge in [-0.2, -0.15) is 0 Å². The number of methoxy groups -OCH3 is 1. The molecular weight excluding hydrogens is 358 g/mol. The Morgan fingerprint density at radius 3 is 2.64 bits per heavy atom. The predicted octanol–water partition coefficient (Wildman–Crippen LogP) is 3.28. The molecule has 1 heterocycles. The van der Waals surface area contributed by atoms with Gasteiger partial charge in [-0.15, -0.1) is 0 Å². The number of aliphatic hydroxyl groups is 1. The van der Waals surface area contributed by atoms with Crippen LogP contribution in [0.4, 0.5) is 0 Å². The zero-order valence-electron chi connectivity index (χ0n) is 17.2. The highest BCUT2D eigenvalue weighted by atomic mass is 16.5. The summed E-state index contributed by atoms with van der Waals surface area (Å²) >= 11 is 0. The fraction of sp³-hybridized carbons (Fsp3) is 0.682. The molecule has 156 valence electrons. The van der Waals surface area contributed by atoms with Crippen LogP contribution in [0, 0.1) is 5.41 Å². The highest BCUT2D eigenvalue weighted by Gasteiger charge is 2.47. The quantitative estimate of drug-likeness (QED) is 0.708. The summed E-state index contributed by atoms with van der Waals surface area (Å²) in [5.74, 6) is 0.802. The number of aliphatic carboxylic acids is 1. The minimum atomic E-state index is -0.793. The van der Waals surface area contributed by atoms with E-state index in [1.54, 1.807) is 7.11 Å². The van der Waals surface area contributed by atoms with E-state index >= 15 is 0 Å². The molecule has 1 aromatic rings. The van der Waals surface area contributed by atoms with Gasteiger partial charge in [0, 0.05) is 31.0 Å². The van der Waals surface area contributed by atoms with Gasteiger partial charge in [0.05, 0.1) is 25.7 Å². The first-order valence-electron chi connectivity index (χ1n) is 10.3. The number of carbonyl (C=O) groups is 1. The molecule has 2 aliphatic rings. The smallest absolute Gasteiger partial charge is 0.304 e. The molecule has 2 N–H and O–H groups in total. The third kappa shape index (κ3) is 4.44. The average Bonchev–Trinajstić information content (AvgIpc) is 3.28. The number of aliphatic hydroxyl groups excluding tert-OH is 1. The lowest BCUT2D eigenvalue weighted by atomic mass is 9.72. The number of carboxylic acid groups (broad SMARTS) is 1. The Morgan fingerprint density at radius 1 is 1.32 bits per heavy atom. The Labute approximate surface area is 167 Å². The molecule has 0 amide bonds. The number of likely N-dealkylation sites (tertiary alicyclic amines) is 1. The third-order valence-corrected chi connectivity index (χ3v) is 6.58. The summed E-state index contributed by atoms with van der Waals surface area (Å²) in [5.41, 5.74) is 0.757. The molecule has 0 radical (unpaired) electrons. The van der Waals surface area contributed by atoms with Crippen molar-refractivity contribution in [3.8, 4) is 11.5 Å². The minimum absolute atomic E-state index is 0.0955. The standard InChI is InChI=1S/C22H33NO5/c1-15(24)22(2)14-23(11-10-21(25)26)13-18(22)16-8-9-19(27-3)20(12-16)28-17-6-4-5-7-17/h8-9,12,15,17-18,24H,4-7,10-11,13-14H2,1-3H3,(H,25,26). The van der Waals surface area contributed by atoms with Gasteiger partial charge in [0.25, 0.3) is 0 Å². The lowest BCUT2D eigenvalue weighted by Crippen LogP contribution is -2.37. The van der Waals surface area contributed by atoms with Gasteiger partial charge < -0.3 is 24.6 Å². The Morgan fingerprint density at radius 2 is 2.04 bits per heavy atom. The first-order valence-corrected chi connectivity index (χ1v) is 10.3. The molecule has 1 aromatic carbocycles. The Kier molecular flexibility index (Phi) is 6.50. The molecule has 2 fully saturated rings. The van der Waals surface area contributed by atoms with Crippen LogP contribution in [0.25, 0.3) is 0 Å². The van der Waals surface area contributed by atoms with Crippen molar-refractivity contribution < 1.29 is 24.5 Å². The lowest BCUT2D eigenvalue weighted by molar-refractivity contribution is -0.137. The van der Waals surface area contributed by atoms with Gasteiger partial charge in [-0.3, -0.25) is 4.79 Å². The van der Waals surface area contributed by atoms with E-state index in [9.17, 15) is 9.90 Å². The first kappa shape index (κ1) is 20.9. The Bertz CT molecular complexity index is 686. The zero-order valence-corrected chi connectivity index (χ0v) is 17.2. The van der Waals surface area contributed by atoms with E-state index in [0.717, 1.165) is 36.4 Å². The number of nitrogens with zero attached hydrogens (tertiary/aromatic N) is 1. The van der Waals surface area contributed by atoms with Crippen LogP contribution in [0.15, 0.2) is 18.2 Å². The maximum absolute atomic E-state index is 11.0. The summed E-state index contributed by atoms with van der Waals surface area (Å²) in [6, 6.07) is 6.05. The van der Waals surface area contributed by atoms with Crippen molar-refractivity contribution in [2.24, 2.45) is 5.41 Å². The second-order valence-electron chi connectivity index (χ2n) is 8.55. The molecule has 28 heavy (non-hydrogen) atoms. The number of rotatable bonds is 8. The van der Waals surface area contributed by atoms with Crippen LogP contribution < -0.4 is 9.47 Å². The van der Waals surface area contributed by atoms with Gasteiger partial charge in [0.15, 0.2) is 11.5 Å². The molecule has 3 rings (SSSR count). The topological polar surface area (TPSA) is 79.2 Å². The van der Waals surface area contributed by atoms with Crippen LogP contribution >= 0.6 is 0 Å². The lowest BCUT2D eigenvalue weighted by Gasteiger charge is -2.34. The van der Waals surface area contributed by atoms with Crippen LogP contribution in [0.2, 0.25) is 0 Å². The van der Waals surface area contributed by atoms with Crippen molar-refractivity contribution in [2.75, 3.05) is 26.7 Å². The maximum atomic E-state index is 11.0. The van der Waals surface area contributed by atoms with Crippen LogP contribution in [0.3, 0.4) is 0 Å². The molecule has 1 aliphatic heterocycles. The molecule has 0 aromatic heterocycles. The van der Waals surface area contributed by atoms with Crippen LogP contribution in [-0.4, -0.2) is 60.0 Å². The van der Waals surface area contributed by atoms with Crippen molar-refractivity contribution in [3.05, 3.63) is 23.8 Å². The van der Waals surface area contributed by atoms with E-state index in [0.29, 0.717) is 13.1 Å². The number of carboxylic acids is 1. The van der Waals surface area contributed by atoms with Crippen molar-refractivity contribution in [1.82, 2.24) is 4.90 Å². The van der Waals surface area contributed by atoms with Crippen molar-refractivity contribution in [3.63, 3.8) is 0 Å². The van der Waals surface area contributed by atoms with Crippen LogP contribution in [0.5, 0.6) is 11.5 Å². The van der Waals surface area contributed by atoms with Crippen LogP contribution in [-0.2, 0) is 4.79 Å². The van der Waals surface area contributed by atoms with Gasteiger partial charge >= 0.3 is 5.97 Å². The Balaban J connectivity index is 1.85. The van der Waals surface area contributed by atoms with Gasteiger partial charge in [-0.05, 0) is 50.3 Å². The summed E-state index contributed by atoms with van der Waals surface area (Å²) in [5, 5.41) is 19.6. The molecule has 1 aliphatic carbocycles. The SMILES string of the molecule is COc1ccc(C2CN(CCC(=O)O)CC2(C)C(C)O)cc1OC1CCCC1. The number of benzene rings is 1. The Hall–Kier alpha value is -1.79. The second-order valence-corrected chi connectivity index (χ2v) is 8.55. The number of hydrogen-bond donors (Lipinski definition) is 2. The largest absolute Gasteiger partial charge is 0.493 e. The highest BCUT2D eigenvalue weighted by Crippen LogP contribution is 2.47. The van der Waals surface area contributed by atoms with E-state index in [-0.39, 0.29) is 23.9 Å². The molecule has 0 spiro atoms. The second kappa shape index (κ2) is 8.70. The van der Waals surface area contributed by atoms with Gasteiger partial charge in [0.1, 0.15) is 0 Å². The molecule has 3 unspecified atom stereocenters. The fourth-order valence-corrected chi connectivity index (χ4v) is 4.64. The van der Waals surface area contributed by atoms with E-state index in [4.69, 9.17) is 14.6 Å². The van der Waals surface area contributed by atoms with E-state index in [1.807, 2.05) is 19.1 Å². The molecular formula is C22H33NO5. The molecule has 0 bridgehead atoms. The number of ether oxygens (including phenoxy) is 2. The summed E-state index contributed by atoms with van der Waals surface area (Å²) in [6.07, 6.45) is 4.40. The van der Waals surface area contributed by atoms with E-state index in [2.05, 4.69) is 17.9 Å². The normalized spacial score (nSPS) is 27.1. The zero-order chi connectivity index (χ0) is 20.3. The maximum Gasteiger partial charge on any atom is 0.304 e. The summed E-state index contributed by atoms with van der Waals surface area (Å²) in [7, 11) is 1.65. The number of hydrogen-bond acceptors (Lipinski definition) is 5. The van der Waals surface area contributed by atoms with Gasteiger partial charge in [-0.25, -0.2) is 0 Å².